The smallest absolute Gasteiger partial charge is 0.184 e. The fourth-order valence-corrected chi connectivity index (χ4v) is 3.26. The molecule has 0 aliphatic heterocycles. The maximum Gasteiger partial charge on any atom is 0.184 e. The quantitative estimate of drug-likeness (QED) is 0.390. The van der Waals surface area contributed by atoms with E-state index in [0.29, 0.717) is 12.2 Å². The molecular weight excluding hydrogens is 359 g/mol. The summed E-state index contributed by atoms with van der Waals surface area (Å²) in [4.78, 5) is 0. The Balaban J connectivity index is 1.83. The molecule has 0 aliphatic carbocycles. The second kappa shape index (κ2) is 8.88. The van der Waals surface area contributed by atoms with Crippen molar-refractivity contribution < 1.29 is 9.13 Å². The summed E-state index contributed by atoms with van der Waals surface area (Å²) >= 11 is 6.22. The number of halogens is 2. The van der Waals surface area contributed by atoms with Crippen LogP contribution < -0.4 is 4.74 Å². The average Bonchev–Trinajstić information content (AvgIpc) is 2.71. The predicted molar refractivity (Wildman–Crippen MR) is 112 cm³/mol. The fourth-order valence-electron chi connectivity index (χ4n) is 3.00. The maximum atomic E-state index is 14.3. The van der Waals surface area contributed by atoms with E-state index in [1.54, 1.807) is 12.1 Å². The van der Waals surface area contributed by atoms with Crippen LogP contribution in [0.4, 0.5) is 4.39 Å². The summed E-state index contributed by atoms with van der Waals surface area (Å²) in [5.74, 6) is -0.338. The summed E-state index contributed by atoms with van der Waals surface area (Å²) in [6, 6.07) is 19.9. The Morgan fingerprint density at radius 1 is 0.926 bits per heavy atom. The molecule has 3 aromatic carbocycles. The van der Waals surface area contributed by atoms with E-state index in [2.05, 4.69) is 30.8 Å². The lowest BCUT2D eigenvalue weighted by Crippen LogP contribution is -1.96. The fraction of sp³-hybridized carbons (Fsp3) is 0.167. The molecule has 0 spiro atoms. The standard InChI is InChI=1S/C24H22ClFO/c1-3-5-6-17-7-9-18(10-8-17)19-11-13-20(14-12-19)21-15-16-22(27-4-2)24(26)23(21)25/h3,7-16H,1,4-6H2,2H3. The number of benzene rings is 3. The number of allylic oxidation sites excluding steroid dienone is 1. The molecule has 0 saturated carbocycles. The lowest BCUT2D eigenvalue weighted by Gasteiger charge is -2.11. The first kappa shape index (κ1) is 19.2. The first-order valence-electron chi connectivity index (χ1n) is 9.05. The predicted octanol–water partition coefficient (Wildman–Crippen LogP) is 7.33. The van der Waals surface area contributed by atoms with E-state index in [-0.39, 0.29) is 10.8 Å². The zero-order valence-corrected chi connectivity index (χ0v) is 16.1. The highest BCUT2D eigenvalue weighted by Gasteiger charge is 2.14. The van der Waals surface area contributed by atoms with Crippen molar-refractivity contribution >= 4 is 11.6 Å². The molecule has 0 bridgehead atoms. The second-order valence-electron chi connectivity index (χ2n) is 6.27. The zero-order chi connectivity index (χ0) is 19.2. The van der Waals surface area contributed by atoms with Crippen molar-refractivity contribution in [3.8, 4) is 28.0 Å². The van der Waals surface area contributed by atoms with Crippen LogP contribution in [0.15, 0.2) is 73.3 Å². The molecule has 0 N–H and O–H groups in total. The normalized spacial score (nSPS) is 10.6. The highest BCUT2D eigenvalue weighted by Crippen LogP contribution is 2.35. The van der Waals surface area contributed by atoms with Gasteiger partial charge in [-0.15, -0.1) is 6.58 Å². The molecule has 27 heavy (non-hydrogen) atoms. The molecular formula is C24H22ClFO. The summed E-state index contributed by atoms with van der Waals surface area (Å²) in [6.07, 6.45) is 3.92. The Morgan fingerprint density at radius 2 is 1.52 bits per heavy atom. The summed E-state index contributed by atoms with van der Waals surface area (Å²) in [6.45, 7) is 5.97. The molecule has 3 rings (SSSR count). The zero-order valence-electron chi connectivity index (χ0n) is 15.3. The number of hydrogen-bond acceptors (Lipinski definition) is 1. The minimum Gasteiger partial charge on any atom is -0.491 e. The lowest BCUT2D eigenvalue weighted by atomic mass is 9.98. The van der Waals surface area contributed by atoms with Gasteiger partial charge in [0.05, 0.1) is 11.6 Å². The van der Waals surface area contributed by atoms with E-state index in [1.807, 2.05) is 37.3 Å². The molecule has 0 aliphatic rings. The van der Waals surface area contributed by atoms with Crippen LogP contribution >= 0.6 is 11.6 Å². The van der Waals surface area contributed by atoms with Crippen molar-refractivity contribution in [3.63, 3.8) is 0 Å². The number of aryl methyl sites for hydroxylation is 1. The van der Waals surface area contributed by atoms with Gasteiger partial charge >= 0.3 is 0 Å². The van der Waals surface area contributed by atoms with E-state index in [9.17, 15) is 4.39 Å². The molecule has 0 aromatic heterocycles. The van der Waals surface area contributed by atoms with Gasteiger partial charge in [-0.25, -0.2) is 4.39 Å². The monoisotopic (exact) mass is 380 g/mol. The molecule has 0 radical (unpaired) electrons. The highest BCUT2D eigenvalue weighted by molar-refractivity contribution is 6.33. The molecule has 0 saturated heterocycles. The van der Waals surface area contributed by atoms with Crippen molar-refractivity contribution in [3.05, 3.63) is 89.7 Å². The van der Waals surface area contributed by atoms with E-state index in [0.717, 1.165) is 29.5 Å². The van der Waals surface area contributed by atoms with Gasteiger partial charge in [-0.1, -0.05) is 66.2 Å². The molecule has 0 unspecified atom stereocenters. The van der Waals surface area contributed by atoms with Gasteiger partial charge in [0.1, 0.15) is 0 Å². The molecule has 3 aromatic rings. The van der Waals surface area contributed by atoms with Crippen LogP contribution in [-0.4, -0.2) is 6.61 Å². The molecule has 0 fully saturated rings. The SMILES string of the molecule is C=CCCc1ccc(-c2ccc(-c3ccc(OCC)c(F)c3Cl)cc2)cc1. The molecule has 0 amide bonds. The number of rotatable bonds is 7. The molecule has 0 atom stereocenters. The van der Waals surface area contributed by atoms with Gasteiger partial charge in [0.25, 0.3) is 0 Å². The molecule has 1 nitrogen and oxygen atoms in total. The first-order chi connectivity index (χ1) is 13.1. The Hall–Kier alpha value is -2.58. The Kier molecular flexibility index (Phi) is 6.31. The maximum absolute atomic E-state index is 14.3. The lowest BCUT2D eigenvalue weighted by molar-refractivity contribution is 0.322. The van der Waals surface area contributed by atoms with Crippen molar-refractivity contribution in [1.29, 1.82) is 0 Å². The summed E-state index contributed by atoms with van der Waals surface area (Å²) in [5.41, 5.74) is 5.08. The summed E-state index contributed by atoms with van der Waals surface area (Å²) in [7, 11) is 0. The summed E-state index contributed by atoms with van der Waals surface area (Å²) < 4.78 is 19.6. The van der Waals surface area contributed by atoms with E-state index in [1.165, 1.54) is 5.56 Å². The second-order valence-corrected chi connectivity index (χ2v) is 6.65. The molecule has 138 valence electrons. The van der Waals surface area contributed by atoms with Crippen molar-refractivity contribution in [1.82, 2.24) is 0 Å². The van der Waals surface area contributed by atoms with Gasteiger partial charge in [0.15, 0.2) is 11.6 Å². The molecule has 3 heteroatoms. The molecule has 0 heterocycles. The van der Waals surface area contributed by atoms with Gasteiger partial charge in [0.2, 0.25) is 0 Å². The minimum absolute atomic E-state index is 0.0836. The van der Waals surface area contributed by atoms with Gasteiger partial charge in [0, 0.05) is 5.56 Å². The average molecular weight is 381 g/mol. The van der Waals surface area contributed by atoms with Gasteiger partial charge in [-0.3, -0.25) is 0 Å². The van der Waals surface area contributed by atoms with Crippen LogP contribution in [-0.2, 0) is 6.42 Å². The third kappa shape index (κ3) is 4.40. The minimum atomic E-state index is -0.518. The van der Waals surface area contributed by atoms with E-state index >= 15 is 0 Å². The van der Waals surface area contributed by atoms with Crippen LogP contribution in [0.25, 0.3) is 22.3 Å². The number of ether oxygens (including phenoxy) is 1. The van der Waals surface area contributed by atoms with Crippen LogP contribution in [0.3, 0.4) is 0 Å². The van der Waals surface area contributed by atoms with Crippen molar-refractivity contribution in [2.75, 3.05) is 6.61 Å². The first-order valence-corrected chi connectivity index (χ1v) is 9.43. The van der Waals surface area contributed by atoms with E-state index < -0.39 is 5.82 Å². The Bertz CT molecular complexity index is 914. The highest BCUT2D eigenvalue weighted by atomic mass is 35.5. The van der Waals surface area contributed by atoms with Crippen LogP contribution in [0.5, 0.6) is 5.75 Å². The van der Waals surface area contributed by atoms with Crippen LogP contribution in [0.1, 0.15) is 18.9 Å². The van der Waals surface area contributed by atoms with Gasteiger partial charge in [-0.05, 0) is 54.2 Å². The topological polar surface area (TPSA) is 9.23 Å². The largest absolute Gasteiger partial charge is 0.491 e. The van der Waals surface area contributed by atoms with Gasteiger partial charge in [-0.2, -0.15) is 0 Å². The van der Waals surface area contributed by atoms with Crippen molar-refractivity contribution in [2.45, 2.75) is 19.8 Å². The third-order valence-corrected chi connectivity index (χ3v) is 4.84. The van der Waals surface area contributed by atoms with Gasteiger partial charge < -0.3 is 4.74 Å². The Morgan fingerprint density at radius 3 is 2.11 bits per heavy atom. The van der Waals surface area contributed by atoms with Crippen LogP contribution in [0.2, 0.25) is 5.02 Å². The van der Waals surface area contributed by atoms with Crippen molar-refractivity contribution in [2.24, 2.45) is 0 Å². The van der Waals surface area contributed by atoms with Crippen LogP contribution in [0, 0.1) is 5.82 Å². The summed E-state index contributed by atoms with van der Waals surface area (Å²) in [5, 5.41) is 0.0836. The third-order valence-electron chi connectivity index (χ3n) is 4.47. The van der Waals surface area contributed by atoms with E-state index in [4.69, 9.17) is 16.3 Å². The Labute approximate surface area is 165 Å². The number of hydrogen-bond donors (Lipinski definition) is 0.